The van der Waals surface area contributed by atoms with Crippen LogP contribution < -0.4 is 25.3 Å². The van der Waals surface area contributed by atoms with E-state index in [0.717, 1.165) is 25.1 Å². The van der Waals surface area contributed by atoms with Gasteiger partial charge in [0.2, 0.25) is 18.3 Å². The highest BCUT2D eigenvalue weighted by molar-refractivity contribution is 6.32. The molecule has 1 aromatic heterocycles. The number of hydrogen-bond acceptors (Lipinski definition) is 8. The number of amides is 2. The fourth-order valence-corrected chi connectivity index (χ4v) is 4.62. The summed E-state index contributed by atoms with van der Waals surface area (Å²) in [6, 6.07) is 5.66. The lowest BCUT2D eigenvalue weighted by atomic mass is 9.90. The molecule has 1 aliphatic heterocycles. The van der Waals surface area contributed by atoms with E-state index in [0.29, 0.717) is 53.6 Å². The third-order valence-corrected chi connectivity index (χ3v) is 6.69. The van der Waals surface area contributed by atoms with Crippen LogP contribution >= 0.6 is 11.6 Å². The highest BCUT2D eigenvalue weighted by Crippen LogP contribution is 2.34. The van der Waals surface area contributed by atoms with Crippen molar-refractivity contribution in [1.82, 2.24) is 15.3 Å². The van der Waals surface area contributed by atoms with E-state index in [1.54, 1.807) is 32.0 Å². The van der Waals surface area contributed by atoms with Gasteiger partial charge in [0.05, 0.1) is 29.1 Å². The highest BCUT2D eigenvalue weighted by atomic mass is 35.5. The van der Waals surface area contributed by atoms with E-state index in [4.69, 9.17) is 11.6 Å². The van der Waals surface area contributed by atoms with Crippen molar-refractivity contribution < 1.29 is 14.7 Å². The zero-order valence-electron chi connectivity index (χ0n) is 22.5. The molecule has 11 heteroatoms. The number of halogens is 1. The number of piperidine rings is 1. The maximum atomic E-state index is 12.3. The van der Waals surface area contributed by atoms with E-state index < -0.39 is 5.60 Å². The molecule has 1 saturated heterocycles. The summed E-state index contributed by atoms with van der Waals surface area (Å²) in [6.07, 6.45) is 3.56. The zero-order valence-corrected chi connectivity index (χ0v) is 23.2. The van der Waals surface area contributed by atoms with Crippen molar-refractivity contribution in [2.75, 3.05) is 60.8 Å². The Morgan fingerprint density at radius 2 is 2.03 bits per heavy atom. The molecular weight excluding hydrogens is 494 g/mol. The van der Waals surface area contributed by atoms with Gasteiger partial charge in [-0.1, -0.05) is 18.5 Å². The quantitative estimate of drug-likeness (QED) is 0.400. The molecule has 10 nitrogen and oxygen atoms in total. The number of carbonyl (C=O) groups is 2. The normalized spacial score (nSPS) is 17.8. The summed E-state index contributed by atoms with van der Waals surface area (Å²) in [4.78, 5) is 38.9. The van der Waals surface area contributed by atoms with E-state index in [9.17, 15) is 14.7 Å². The van der Waals surface area contributed by atoms with Gasteiger partial charge in [-0.25, -0.2) is 4.98 Å². The first-order chi connectivity index (χ1) is 17.4. The summed E-state index contributed by atoms with van der Waals surface area (Å²) in [5, 5.41) is 16.5. The summed E-state index contributed by atoms with van der Waals surface area (Å²) in [5.74, 6) is 1.12. The molecule has 3 rings (SSSR count). The predicted octanol–water partition coefficient (Wildman–Crippen LogP) is 3.27. The fraction of sp³-hybridized carbons (Fsp3) is 0.538. The molecule has 2 aromatic rings. The van der Waals surface area contributed by atoms with Gasteiger partial charge in [-0.15, -0.1) is 0 Å². The first-order valence-electron chi connectivity index (χ1n) is 12.4. The third-order valence-electron chi connectivity index (χ3n) is 6.41. The maximum absolute atomic E-state index is 12.3. The number of aliphatic hydroxyl groups is 1. The molecule has 2 unspecified atom stereocenters. The number of carbonyl (C=O) groups excluding carboxylic acids is 2. The van der Waals surface area contributed by atoms with Crippen molar-refractivity contribution in [1.29, 1.82) is 0 Å². The van der Waals surface area contributed by atoms with Gasteiger partial charge in [-0.3, -0.25) is 9.59 Å². The lowest BCUT2D eigenvalue weighted by Crippen LogP contribution is -2.46. The van der Waals surface area contributed by atoms with Crippen LogP contribution in [0.1, 0.15) is 33.6 Å². The first kappa shape index (κ1) is 28.5. The molecule has 2 atom stereocenters. The van der Waals surface area contributed by atoms with Crippen LogP contribution in [0, 0.1) is 11.8 Å². The largest absolute Gasteiger partial charge is 0.390 e. The zero-order chi connectivity index (χ0) is 27.3. The van der Waals surface area contributed by atoms with E-state index in [1.807, 2.05) is 42.1 Å². The Bertz CT molecular complexity index is 1110. The number of nitrogens with one attached hydrogen (secondary N) is 2. The Morgan fingerprint density at radius 3 is 2.65 bits per heavy atom. The Labute approximate surface area is 224 Å². The number of anilines is 5. The predicted molar refractivity (Wildman–Crippen MR) is 149 cm³/mol. The second kappa shape index (κ2) is 12.0. The Kier molecular flexibility index (Phi) is 9.20. The van der Waals surface area contributed by atoms with Gasteiger partial charge in [0, 0.05) is 46.5 Å². The first-order valence-corrected chi connectivity index (χ1v) is 12.8. The van der Waals surface area contributed by atoms with Crippen LogP contribution in [0.2, 0.25) is 5.02 Å². The van der Waals surface area contributed by atoms with Gasteiger partial charge in [0.25, 0.3) is 0 Å². The minimum absolute atomic E-state index is 0.0155. The minimum atomic E-state index is -0.900. The molecule has 2 amide bonds. The molecule has 0 radical (unpaired) electrons. The second-order valence-electron chi connectivity index (χ2n) is 10.5. The second-order valence-corrected chi connectivity index (χ2v) is 10.9. The number of rotatable bonds is 10. The molecule has 0 spiro atoms. The Hall–Kier alpha value is -3.11. The fourth-order valence-electron chi connectivity index (χ4n) is 4.48. The summed E-state index contributed by atoms with van der Waals surface area (Å²) >= 11 is 6.45. The molecule has 0 bridgehead atoms. The van der Waals surface area contributed by atoms with E-state index in [-0.39, 0.29) is 11.8 Å². The van der Waals surface area contributed by atoms with Crippen LogP contribution in [-0.4, -0.2) is 73.8 Å². The van der Waals surface area contributed by atoms with Crippen LogP contribution in [0.4, 0.5) is 28.8 Å². The number of nitrogens with zero attached hydrogens (tertiary/aromatic N) is 5. The minimum Gasteiger partial charge on any atom is -0.390 e. The van der Waals surface area contributed by atoms with Crippen LogP contribution in [0.25, 0.3) is 0 Å². The molecule has 1 aliphatic rings. The summed E-state index contributed by atoms with van der Waals surface area (Å²) in [6.45, 7) is 7.18. The maximum Gasteiger partial charge on any atom is 0.227 e. The summed E-state index contributed by atoms with van der Waals surface area (Å²) in [5.41, 5.74) is 1.34. The van der Waals surface area contributed by atoms with Gasteiger partial charge < -0.3 is 30.4 Å². The van der Waals surface area contributed by atoms with E-state index in [1.165, 1.54) is 0 Å². The Balaban J connectivity index is 1.89. The van der Waals surface area contributed by atoms with Crippen LogP contribution in [0.3, 0.4) is 0 Å². The summed E-state index contributed by atoms with van der Waals surface area (Å²) in [7, 11) is 5.47. The Morgan fingerprint density at radius 1 is 1.30 bits per heavy atom. The van der Waals surface area contributed by atoms with Crippen molar-refractivity contribution in [3.8, 4) is 0 Å². The SMILES string of the molecule is CNC(=O)C1CC(C)CN(c2ncc(Cl)c(Nc3ccc(N(C)C)c(N(C=O)CCC(C)(C)O)c3)n2)C1. The molecular formula is C26H38ClN7O3. The summed E-state index contributed by atoms with van der Waals surface area (Å²) < 4.78 is 0. The van der Waals surface area contributed by atoms with Crippen molar-refractivity contribution >= 4 is 52.7 Å². The molecule has 0 saturated carbocycles. The van der Waals surface area contributed by atoms with Crippen LogP contribution in [0.5, 0.6) is 0 Å². The van der Waals surface area contributed by atoms with Gasteiger partial charge in [-0.2, -0.15) is 4.98 Å². The van der Waals surface area contributed by atoms with Gasteiger partial charge in [-0.05, 0) is 50.8 Å². The third kappa shape index (κ3) is 7.45. The smallest absolute Gasteiger partial charge is 0.227 e. The van der Waals surface area contributed by atoms with Crippen LogP contribution in [0.15, 0.2) is 24.4 Å². The van der Waals surface area contributed by atoms with Crippen molar-refractivity contribution in [2.45, 2.75) is 39.2 Å². The van der Waals surface area contributed by atoms with Gasteiger partial charge >= 0.3 is 0 Å². The average molecular weight is 532 g/mol. The van der Waals surface area contributed by atoms with Crippen LogP contribution in [-0.2, 0) is 9.59 Å². The number of aromatic nitrogens is 2. The molecule has 202 valence electrons. The molecule has 37 heavy (non-hydrogen) atoms. The number of hydrogen-bond donors (Lipinski definition) is 3. The average Bonchev–Trinajstić information content (AvgIpc) is 2.84. The highest BCUT2D eigenvalue weighted by Gasteiger charge is 2.30. The molecule has 0 aliphatic carbocycles. The standard InChI is InChI=1S/C26H38ClN7O3/c1-17-11-18(24(36)28-4)15-34(14-17)25-29-13-20(27)23(31-25)30-19-7-8-21(32(5)6)22(12-19)33(16-35)10-9-26(2,3)37/h7-8,12-13,16-18,37H,9-11,14-15H2,1-6H3,(H,28,36)(H,29,30,31). The van der Waals surface area contributed by atoms with E-state index >= 15 is 0 Å². The molecule has 3 N–H and O–H groups in total. The lowest BCUT2D eigenvalue weighted by Gasteiger charge is -2.35. The van der Waals surface area contributed by atoms with Crippen molar-refractivity contribution in [2.24, 2.45) is 11.8 Å². The topological polar surface area (TPSA) is 114 Å². The van der Waals surface area contributed by atoms with Crippen molar-refractivity contribution in [3.63, 3.8) is 0 Å². The molecule has 1 aromatic carbocycles. The van der Waals surface area contributed by atoms with Crippen molar-refractivity contribution in [3.05, 3.63) is 29.4 Å². The molecule has 2 heterocycles. The lowest BCUT2D eigenvalue weighted by molar-refractivity contribution is -0.125. The molecule has 1 fully saturated rings. The monoisotopic (exact) mass is 531 g/mol. The van der Waals surface area contributed by atoms with Gasteiger partial charge in [0.1, 0.15) is 5.02 Å². The van der Waals surface area contributed by atoms with E-state index in [2.05, 4.69) is 27.5 Å². The number of benzene rings is 1. The van der Waals surface area contributed by atoms with Gasteiger partial charge in [0.15, 0.2) is 5.82 Å².